The van der Waals surface area contributed by atoms with Gasteiger partial charge in [-0.25, -0.2) is 4.98 Å². The lowest BCUT2D eigenvalue weighted by Gasteiger charge is -2.05. The molecule has 0 saturated carbocycles. The third kappa shape index (κ3) is 3.72. The van der Waals surface area contributed by atoms with Crippen LogP contribution in [0.5, 0.6) is 5.88 Å². The number of pyridine rings is 1. The number of methoxy groups -OCH3 is 1. The molecule has 1 aromatic rings. The average Bonchev–Trinajstić information content (AvgIpc) is 2.19. The predicted octanol–water partition coefficient (Wildman–Crippen LogP) is 0.826. The molecular weight excluding hydrogens is 180 g/mol. The summed E-state index contributed by atoms with van der Waals surface area (Å²) in [7, 11) is 3.54. The highest BCUT2D eigenvalue weighted by Gasteiger charge is 1.97. The maximum absolute atomic E-state index is 5.37. The van der Waals surface area contributed by atoms with Crippen LogP contribution < -0.4 is 10.1 Å². The lowest BCUT2D eigenvalue weighted by molar-refractivity contribution is 0.143. The van der Waals surface area contributed by atoms with Crippen molar-refractivity contribution in [3.05, 3.63) is 23.9 Å². The summed E-state index contributed by atoms with van der Waals surface area (Å²) >= 11 is 0. The van der Waals surface area contributed by atoms with E-state index >= 15 is 0 Å². The molecule has 78 valence electrons. The molecule has 0 fully saturated rings. The fourth-order valence-corrected chi connectivity index (χ4v) is 1.05. The monoisotopic (exact) mass is 196 g/mol. The lowest BCUT2D eigenvalue weighted by Crippen LogP contribution is -2.09. The van der Waals surface area contributed by atoms with Gasteiger partial charge in [-0.05, 0) is 13.1 Å². The quantitative estimate of drug-likeness (QED) is 0.684. The molecule has 1 aromatic heterocycles. The maximum Gasteiger partial charge on any atom is 0.213 e. The average molecular weight is 196 g/mol. The molecule has 1 heterocycles. The van der Waals surface area contributed by atoms with Gasteiger partial charge in [0.25, 0.3) is 0 Å². The molecule has 1 N–H and O–H groups in total. The van der Waals surface area contributed by atoms with Crippen molar-refractivity contribution >= 4 is 0 Å². The fourth-order valence-electron chi connectivity index (χ4n) is 1.05. The first-order valence-corrected chi connectivity index (χ1v) is 4.59. The zero-order valence-corrected chi connectivity index (χ0v) is 8.62. The summed E-state index contributed by atoms with van der Waals surface area (Å²) < 4.78 is 10.2. The van der Waals surface area contributed by atoms with Crippen LogP contribution in [0, 0.1) is 0 Å². The first kappa shape index (κ1) is 10.9. The van der Waals surface area contributed by atoms with Crippen LogP contribution in [0.25, 0.3) is 0 Å². The fraction of sp³-hybridized carbons (Fsp3) is 0.500. The third-order valence-corrected chi connectivity index (χ3v) is 1.68. The van der Waals surface area contributed by atoms with Gasteiger partial charge in [0, 0.05) is 19.7 Å². The van der Waals surface area contributed by atoms with Crippen molar-refractivity contribution in [1.29, 1.82) is 0 Å². The first-order chi connectivity index (χ1) is 6.86. The molecule has 0 aliphatic heterocycles. The normalized spacial score (nSPS) is 10.1. The van der Waals surface area contributed by atoms with E-state index in [1.165, 1.54) is 0 Å². The van der Waals surface area contributed by atoms with Crippen molar-refractivity contribution < 1.29 is 9.47 Å². The lowest BCUT2D eigenvalue weighted by atomic mass is 10.3. The number of ether oxygens (including phenoxy) is 2. The van der Waals surface area contributed by atoms with Crippen LogP contribution in [0.3, 0.4) is 0 Å². The molecule has 0 radical (unpaired) electrons. The second-order valence-corrected chi connectivity index (χ2v) is 2.84. The van der Waals surface area contributed by atoms with Gasteiger partial charge in [0.15, 0.2) is 0 Å². The van der Waals surface area contributed by atoms with E-state index in [9.17, 15) is 0 Å². The Morgan fingerprint density at radius 2 is 2.21 bits per heavy atom. The van der Waals surface area contributed by atoms with E-state index in [1.807, 2.05) is 25.2 Å². The van der Waals surface area contributed by atoms with Crippen molar-refractivity contribution in [2.24, 2.45) is 0 Å². The standard InChI is InChI=1S/C10H16N2O2/c1-11-8-9-4-3-5-10(12-9)14-7-6-13-2/h3-5,11H,6-8H2,1-2H3. The maximum atomic E-state index is 5.37. The van der Waals surface area contributed by atoms with Crippen LogP contribution in [-0.2, 0) is 11.3 Å². The van der Waals surface area contributed by atoms with Crippen LogP contribution >= 0.6 is 0 Å². The Kier molecular flexibility index (Phi) is 4.96. The SMILES string of the molecule is CNCc1cccc(OCCOC)n1. The Labute approximate surface area is 84.3 Å². The third-order valence-electron chi connectivity index (χ3n) is 1.68. The number of hydrogen-bond acceptors (Lipinski definition) is 4. The van der Waals surface area contributed by atoms with Crippen LogP contribution in [-0.4, -0.2) is 32.4 Å². The highest BCUT2D eigenvalue weighted by molar-refractivity contribution is 5.15. The Bertz CT molecular complexity index is 266. The molecule has 0 aliphatic carbocycles. The van der Waals surface area contributed by atoms with E-state index in [-0.39, 0.29) is 0 Å². The molecule has 0 aromatic carbocycles. The Balaban J connectivity index is 2.46. The van der Waals surface area contributed by atoms with Crippen molar-refractivity contribution in [3.8, 4) is 5.88 Å². The first-order valence-electron chi connectivity index (χ1n) is 4.59. The Morgan fingerprint density at radius 3 is 2.93 bits per heavy atom. The summed E-state index contributed by atoms with van der Waals surface area (Å²) in [6.07, 6.45) is 0. The summed E-state index contributed by atoms with van der Waals surface area (Å²) in [5.74, 6) is 0.648. The van der Waals surface area contributed by atoms with Crippen LogP contribution in [0.2, 0.25) is 0 Å². The number of aromatic nitrogens is 1. The molecule has 4 nitrogen and oxygen atoms in total. The molecule has 1 rings (SSSR count). The highest BCUT2D eigenvalue weighted by atomic mass is 16.5. The van der Waals surface area contributed by atoms with Gasteiger partial charge in [0.1, 0.15) is 6.61 Å². The summed E-state index contributed by atoms with van der Waals surface area (Å²) in [5, 5.41) is 3.04. The largest absolute Gasteiger partial charge is 0.475 e. The van der Waals surface area contributed by atoms with Crippen LogP contribution in [0.1, 0.15) is 5.69 Å². The van der Waals surface area contributed by atoms with E-state index in [4.69, 9.17) is 9.47 Å². The molecular formula is C10H16N2O2. The van der Waals surface area contributed by atoms with Gasteiger partial charge in [0.05, 0.1) is 12.3 Å². The van der Waals surface area contributed by atoms with Crippen molar-refractivity contribution in [1.82, 2.24) is 10.3 Å². The molecule has 0 amide bonds. The van der Waals surface area contributed by atoms with Gasteiger partial charge < -0.3 is 14.8 Å². The van der Waals surface area contributed by atoms with Crippen molar-refractivity contribution in [3.63, 3.8) is 0 Å². The number of rotatable bonds is 6. The summed E-state index contributed by atoms with van der Waals surface area (Å²) in [4.78, 5) is 4.29. The van der Waals surface area contributed by atoms with Crippen LogP contribution in [0.4, 0.5) is 0 Å². The van der Waals surface area contributed by atoms with E-state index in [0.717, 1.165) is 12.2 Å². The molecule has 0 aliphatic rings. The van der Waals surface area contributed by atoms with E-state index in [0.29, 0.717) is 19.1 Å². The van der Waals surface area contributed by atoms with E-state index in [2.05, 4.69) is 10.3 Å². The molecule has 0 unspecified atom stereocenters. The number of hydrogen-bond donors (Lipinski definition) is 1. The molecule has 14 heavy (non-hydrogen) atoms. The van der Waals surface area contributed by atoms with E-state index < -0.39 is 0 Å². The second-order valence-electron chi connectivity index (χ2n) is 2.84. The number of nitrogens with zero attached hydrogens (tertiary/aromatic N) is 1. The smallest absolute Gasteiger partial charge is 0.213 e. The molecule has 0 spiro atoms. The molecule has 0 saturated heterocycles. The van der Waals surface area contributed by atoms with Crippen LogP contribution in [0.15, 0.2) is 18.2 Å². The zero-order valence-electron chi connectivity index (χ0n) is 8.62. The van der Waals surface area contributed by atoms with Gasteiger partial charge in [-0.3, -0.25) is 0 Å². The summed E-state index contributed by atoms with van der Waals surface area (Å²) in [6.45, 7) is 1.87. The topological polar surface area (TPSA) is 43.4 Å². The predicted molar refractivity (Wildman–Crippen MR) is 54.4 cm³/mol. The minimum absolute atomic E-state index is 0.534. The van der Waals surface area contributed by atoms with Gasteiger partial charge in [-0.2, -0.15) is 0 Å². The van der Waals surface area contributed by atoms with Crippen molar-refractivity contribution in [2.75, 3.05) is 27.4 Å². The van der Waals surface area contributed by atoms with Gasteiger partial charge in [0.2, 0.25) is 5.88 Å². The molecule has 0 atom stereocenters. The highest BCUT2D eigenvalue weighted by Crippen LogP contribution is 2.06. The Morgan fingerprint density at radius 1 is 1.36 bits per heavy atom. The Hall–Kier alpha value is -1.13. The van der Waals surface area contributed by atoms with Gasteiger partial charge in [-0.15, -0.1) is 0 Å². The van der Waals surface area contributed by atoms with E-state index in [1.54, 1.807) is 7.11 Å². The zero-order chi connectivity index (χ0) is 10.2. The minimum Gasteiger partial charge on any atom is -0.475 e. The number of nitrogens with one attached hydrogen (secondary N) is 1. The van der Waals surface area contributed by atoms with Gasteiger partial charge >= 0.3 is 0 Å². The van der Waals surface area contributed by atoms with Gasteiger partial charge in [-0.1, -0.05) is 6.07 Å². The molecule has 0 bridgehead atoms. The summed E-state index contributed by atoms with van der Waals surface area (Å²) in [6, 6.07) is 5.73. The van der Waals surface area contributed by atoms with Crippen molar-refractivity contribution in [2.45, 2.75) is 6.54 Å². The molecule has 4 heteroatoms. The minimum atomic E-state index is 0.534. The second kappa shape index (κ2) is 6.34. The summed E-state index contributed by atoms with van der Waals surface area (Å²) in [5.41, 5.74) is 0.974.